The van der Waals surface area contributed by atoms with Gasteiger partial charge >= 0.3 is 0 Å². The highest BCUT2D eigenvalue weighted by Crippen LogP contribution is 2.09. The number of rotatable bonds is 3. The summed E-state index contributed by atoms with van der Waals surface area (Å²) in [6, 6.07) is 0.591. The molecule has 1 fully saturated rings. The maximum atomic E-state index is 10.5. The molecule has 0 radical (unpaired) electrons. The van der Waals surface area contributed by atoms with E-state index < -0.39 is 11.1 Å². The van der Waals surface area contributed by atoms with Crippen molar-refractivity contribution in [2.75, 3.05) is 26.0 Å². The molecule has 12 heavy (non-hydrogen) atoms. The number of hydrogen-bond donors (Lipinski definition) is 2. The van der Waals surface area contributed by atoms with Gasteiger partial charge in [0.05, 0.1) is 0 Å². The topological polar surface area (TPSA) is 52.6 Å². The molecule has 1 rings (SSSR count). The molecule has 0 bridgehead atoms. The summed E-state index contributed by atoms with van der Waals surface area (Å²) in [5.41, 5.74) is 0. The van der Waals surface area contributed by atoms with Crippen LogP contribution in [0.1, 0.15) is 12.8 Å². The number of hydrogen-bond acceptors (Lipinski definition) is 3. The summed E-state index contributed by atoms with van der Waals surface area (Å²) in [7, 11) is 1.96. The van der Waals surface area contributed by atoms with Crippen LogP contribution < -0.4 is 5.32 Å². The molecule has 1 atom stereocenters. The third-order valence-corrected chi connectivity index (χ3v) is 2.87. The lowest BCUT2D eigenvalue weighted by atomic mass is 10.1. The van der Waals surface area contributed by atoms with E-state index in [0.29, 0.717) is 11.9 Å². The Kier molecular flexibility index (Phi) is 4.14. The molecule has 1 aliphatic rings. The van der Waals surface area contributed by atoms with Crippen LogP contribution in [0, 0.1) is 0 Å². The Hall–Kier alpha value is 0.0300. The van der Waals surface area contributed by atoms with E-state index in [0.717, 1.165) is 25.9 Å². The molecule has 0 aromatic carbocycles. The van der Waals surface area contributed by atoms with Gasteiger partial charge in [-0.1, -0.05) is 0 Å². The van der Waals surface area contributed by atoms with E-state index in [1.54, 1.807) is 0 Å². The minimum atomic E-state index is -1.67. The van der Waals surface area contributed by atoms with Gasteiger partial charge in [-0.15, -0.1) is 0 Å². The van der Waals surface area contributed by atoms with E-state index in [1.165, 1.54) is 0 Å². The van der Waals surface area contributed by atoms with Gasteiger partial charge in [-0.3, -0.25) is 4.90 Å². The standard InChI is InChI=1S/C7H16N2O2S/c1-8-7-2-4-9(5-3-7)6-12(10)11/h7-8H,2-6H2,1H3,(H,10,11). The van der Waals surface area contributed by atoms with E-state index in [2.05, 4.69) is 5.32 Å². The van der Waals surface area contributed by atoms with Gasteiger partial charge in [-0.25, -0.2) is 4.21 Å². The molecule has 1 saturated heterocycles. The summed E-state index contributed by atoms with van der Waals surface area (Å²) in [5, 5.41) is 3.21. The highest BCUT2D eigenvalue weighted by molar-refractivity contribution is 7.79. The molecule has 1 heterocycles. The summed E-state index contributed by atoms with van der Waals surface area (Å²) in [6.45, 7) is 1.86. The van der Waals surface area contributed by atoms with Crippen LogP contribution in [0.25, 0.3) is 0 Å². The largest absolute Gasteiger partial charge is 0.317 e. The predicted molar refractivity (Wildman–Crippen MR) is 49.3 cm³/mol. The summed E-state index contributed by atoms with van der Waals surface area (Å²) >= 11 is -1.67. The van der Waals surface area contributed by atoms with Gasteiger partial charge in [0.15, 0.2) is 11.1 Å². The fourth-order valence-electron chi connectivity index (χ4n) is 1.51. The molecule has 0 aromatic heterocycles. The van der Waals surface area contributed by atoms with Gasteiger partial charge in [-0.05, 0) is 19.9 Å². The zero-order chi connectivity index (χ0) is 8.97. The van der Waals surface area contributed by atoms with Crippen molar-refractivity contribution in [1.82, 2.24) is 10.2 Å². The maximum Gasteiger partial charge on any atom is 0.167 e. The number of piperidine rings is 1. The van der Waals surface area contributed by atoms with Crippen molar-refractivity contribution >= 4 is 11.1 Å². The normalized spacial score (nSPS) is 24.2. The van der Waals surface area contributed by atoms with Crippen LogP contribution in [-0.4, -0.2) is 45.7 Å². The smallest absolute Gasteiger partial charge is 0.167 e. The lowest BCUT2D eigenvalue weighted by molar-refractivity contribution is 0.227. The zero-order valence-electron chi connectivity index (χ0n) is 7.32. The minimum Gasteiger partial charge on any atom is -0.317 e. The first-order chi connectivity index (χ1) is 5.72. The Bertz CT molecular complexity index is 157. The highest BCUT2D eigenvalue weighted by Gasteiger charge is 2.18. The lowest BCUT2D eigenvalue weighted by Gasteiger charge is -2.30. The summed E-state index contributed by atoms with van der Waals surface area (Å²) < 4.78 is 19.1. The molecule has 5 heteroatoms. The Morgan fingerprint density at radius 1 is 1.58 bits per heavy atom. The fraction of sp³-hybridized carbons (Fsp3) is 1.00. The second-order valence-electron chi connectivity index (χ2n) is 3.13. The van der Waals surface area contributed by atoms with Crippen molar-refractivity contribution in [3.63, 3.8) is 0 Å². The third kappa shape index (κ3) is 3.18. The summed E-state index contributed by atoms with van der Waals surface area (Å²) in [4.78, 5) is 2.03. The van der Waals surface area contributed by atoms with Gasteiger partial charge in [0.2, 0.25) is 0 Å². The second kappa shape index (κ2) is 4.91. The van der Waals surface area contributed by atoms with Crippen molar-refractivity contribution in [3.8, 4) is 0 Å². The van der Waals surface area contributed by atoms with Crippen LogP contribution >= 0.6 is 0 Å². The molecule has 0 aliphatic carbocycles. The van der Waals surface area contributed by atoms with E-state index in [1.807, 2.05) is 11.9 Å². The van der Waals surface area contributed by atoms with Crippen LogP contribution in [-0.2, 0) is 11.1 Å². The number of nitrogens with one attached hydrogen (secondary N) is 1. The molecule has 0 spiro atoms. The van der Waals surface area contributed by atoms with E-state index in [4.69, 9.17) is 4.55 Å². The van der Waals surface area contributed by atoms with Gasteiger partial charge in [0.25, 0.3) is 0 Å². The first-order valence-corrected chi connectivity index (χ1v) is 5.47. The monoisotopic (exact) mass is 192 g/mol. The zero-order valence-corrected chi connectivity index (χ0v) is 8.14. The summed E-state index contributed by atoms with van der Waals surface area (Å²) in [5.74, 6) is 0.302. The molecular weight excluding hydrogens is 176 g/mol. The molecule has 2 N–H and O–H groups in total. The molecule has 72 valence electrons. The van der Waals surface area contributed by atoms with Gasteiger partial charge in [0.1, 0.15) is 5.88 Å². The van der Waals surface area contributed by atoms with Gasteiger partial charge in [0, 0.05) is 19.1 Å². The predicted octanol–water partition coefficient (Wildman–Crippen LogP) is -0.151. The molecule has 0 aromatic rings. The minimum absolute atomic E-state index is 0.302. The highest BCUT2D eigenvalue weighted by atomic mass is 32.2. The molecule has 0 saturated carbocycles. The van der Waals surface area contributed by atoms with Gasteiger partial charge in [-0.2, -0.15) is 0 Å². The molecule has 0 amide bonds. The molecule has 1 aliphatic heterocycles. The molecule has 4 nitrogen and oxygen atoms in total. The van der Waals surface area contributed by atoms with Crippen molar-refractivity contribution < 1.29 is 8.76 Å². The SMILES string of the molecule is CNC1CCN(CS(=O)O)CC1. The second-order valence-corrected chi connectivity index (χ2v) is 4.03. The third-order valence-electron chi connectivity index (χ3n) is 2.29. The van der Waals surface area contributed by atoms with Crippen molar-refractivity contribution in [1.29, 1.82) is 0 Å². The van der Waals surface area contributed by atoms with Crippen LogP contribution in [0.15, 0.2) is 0 Å². The van der Waals surface area contributed by atoms with Crippen LogP contribution in [0.4, 0.5) is 0 Å². The summed E-state index contributed by atoms with van der Waals surface area (Å²) in [6.07, 6.45) is 2.15. The van der Waals surface area contributed by atoms with Crippen LogP contribution in [0.3, 0.4) is 0 Å². The quantitative estimate of drug-likeness (QED) is 0.611. The fourth-order valence-corrected chi connectivity index (χ4v) is 2.08. The van der Waals surface area contributed by atoms with E-state index >= 15 is 0 Å². The molecular formula is C7H16N2O2S. The van der Waals surface area contributed by atoms with E-state index in [-0.39, 0.29) is 0 Å². The maximum absolute atomic E-state index is 10.5. The van der Waals surface area contributed by atoms with Crippen LogP contribution in [0.5, 0.6) is 0 Å². The van der Waals surface area contributed by atoms with Crippen molar-refractivity contribution in [2.24, 2.45) is 0 Å². The van der Waals surface area contributed by atoms with Crippen molar-refractivity contribution in [3.05, 3.63) is 0 Å². The first kappa shape index (κ1) is 10.1. The Morgan fingerprint density at radius 3 is 2.58 bits per heavy atom. The Morgan fingerprint density at radius 2 is 2.17 bits per heavy atom. The average Bonchev–Trinajstić information content (AvgIpc) is 2.05. The molecule has 1 unspecified atom stereocenters. The van der Waals surface area contributed by atoms with Crippen molar-refractivity contribution in [2.45, 2.75) is 18.9 Å². The van der Waals surface area contributed by atoms with E-state index in [9.17, 15) is 4.21 Å². The first-order valence-electron chi connectivity index (χ1n) is 4.19. The Balaban J connectivity index is 2.21. The number of nitrogens with zero attached hydrogens (tertiary/aromatic N) is 1. The van der Waals surface area contributed by atoms with Gasteiger partial charge < -0.3 is 9.87 Å². The Labute approximate surface area is 75.6 Å². The lowest BCUT2D eigenvalue weighted by Crippen LogP contribution is -2.42. The van der Waals surface area contributed by atoms with Crippen LogP contribution in [0.2, 0.25) is 0 Å². The average molecular weight is 192 g/mol. The number of likely N-dealkylation sites (tertiary alicyclic amines) is 1.